The van der Waals surface area contributed by atoms with E-state index in [1.807, 2.05) is 30.3 Å². The Labute approximate surface area is 173 Å². The summed E-state index contributed by atoms with van der Waals surface area (Å²) in [5.41, 5.74) is 0.965. The van der Waals surface area contributed by atoms with Gasteiger partial charge in [0.2, 0.25) is 0 Å². The van der Waals surface area contributed by atoms with Gasteiger partial charge in [-0.25, -0.2) is 0 Å². The molecule has 0 aliphatic rings. The zero-order chi connectivity index (χ0) is 19.3. The molecule has 0 saturated heterocycles. The molecule has 0 bridgehead atoms. The van der Waals surface area contributed by atoms with Crippen LogP contribution in [0.4, 0.5) is 51.8 Å². The topological polar surface area (TPSA) is 20.2 Å². The Hall–Kier alpha value is 0.171. The summed E-state index contributed by atoms with van der Waals surface area (Å²) in [6.45, 7) is 0.140. The Morgan fingerprint density at radius 1 is 0.625 bits per heavy atom. The maximum Gasteiger partial charge on any atom is 1.00 e. The van der Waals surface area contributed by atoms with Crippen LogP contribution in [0.25, 0.3) is 0 Å². The molecule has 0 unspecified atom stereocenters. The number of rotatable bonds is 1. The minimum absolute atomic E-state index is 0. The van der Waals surface area contributed by atoms with Crippen molar-refractivity contribution in [3.05, 3.63) is 35.9 Å². The molecule has 0 radical (unpaired) electrons. The standard InChI is InChI=1S/C7H8O.3BF4.K.H/c8-6-7-4-2-1-3-5-7;3*2-1(3,4)5;;/h1-5,8H,6H2;;;;;/q;3*-1;+1;-1. The number of halogens is 12. The van der Waals surface area contributed by atoms with Gasteiger partial charge >= 0.3 is 73.1 Å². The molecule has 1 N–H and O–H groups in total. The average molecular weight is 409 g/mol. The van der Waals surface area contributed by atoms with E-state index in [1.54, 1.807) is 0 Å². The van der Waals surface area contributed by atoms with Crippen molar-refractivity contribution in [2.24, 2.45) is 0 Å². The Kier molecular flexibility index (Phi) is 20.5. The van der Waals surface area contributed by atoms with Crippen LogP contribution in [0.5, 0.6) is 0 Å². The van der Waals surface area contributed by atoms with Crippen LogP contribution in [0.15, 0.2) is 30.3 Å². The van der Waals surface area contributed by atoms with Gasteiger partial charge in [0.1, 0.15) is 0 Å². The molecule has 0 amide bonds. The molecule has 24 heavy (non-hydrogen) atoms. The summed E-state index contributed by atoms with van der Waals surface area (Å²) in [5.74, 6) is 0. The van der Waals surface area contributed by atoms with E-state index in [1.165, 1.54) is 0 Å². The van der Waals surface area contributed by atoms with Crippen LogP contribution in [0.3, 0.4) is 0 Å². The van der Waals surface area contributed by atoms with Gasteiger partial charge in [0.15, 0.2) is 0 Å². The molecule has 140 valence electrons. The van der Waals surface area contributed by atoms with Gasteiger partial charge in [-0.15, -0.1) is 0 Å². The smallest absolute Gasteiger partial charge is 1.00 e. The molecule has 1 nitrogen and oxygen atoms in total. The first-order valence-corrected chi connectivity index (χ1v) is 5.20. The SMILES string of the molecule is F[B-](F)(F)F.F[B-](F)(F)F.F[B-](F)(F)F.OCc1ccccc1.[H-].[K+]. The van der Waals surface area contributed by atoms with E-state index in [0.717, 1.165) is 5.56 Å². The van der Waals surface area contributed by atoms with Gasteiger partial charge in [-0.1, -0.05) is 30.3 Å². The summed E-state index contributed by atoms with van der Waals surface area (Å²) < 4.78 is 117. The molecule has 0 saturated carbocycles. The van der Waals surface area contributed by atoms with Crippen molar-refractivity contribution in [1.29, 1.82) is 0 Å². The van der Waals surface area contributed by atoms with Crippen LogP contribution in [-0.2, 0) is 6.61 Å². The van der Waals surface area contributed by atoms with Crippen LogP contribution >= 0.6 is 0 Å². The molecule has 0 heterocycles. The number of hydrogen-bond acceptors (Lipinski definition) is 1. The largest absolute Gasteiger partial charge is 1.00 e. The van der Waals surface area contributed by atoms with E-state index in [-0.39, 0.29) is 59.4 Å². The maximum absolute atomic E-state index is 9.75. The van der Waals surface area contributed by atoms with Gasteiger partial charge in [0.05, 0.1) is 6.61 Å². The maximum atomic E-state index is 9.75. The molecule has 1 rings (SSSR count). The van der Waals surface area contributed by atoms with Gasteiger partial charge in [-0.3, -0.25) is 0 Å². The first-order valence-electron chi connectivity index (χ1n) is 5.20. The number of aliphatic hydroxyl groups is 1. The molecule has 0 fully saturated rings. The number of aliphatic hydroxyl groups excluding tert-OH is 1. The van der Waals surface area contributed by atoms with Crippen molar-refractivity contribution < 1.29 is 110 Å². The van der Waals surface area contributed by atoms with Crippen LogP contribution in [-0.4, -0.2) is 26.9 Å². The fraction of sp³-hybridized carbons (Fsp3) is 0.143. The first kappa shape index (κ1) is 31.9. The van der Waals surface area contributed by atoms with Crippen molar-refractivity contribution >= 4 is 21.8 Å². The molecule has 0 aromatic heterocycles. The monoisotopic (exact) mass is 409 g/mol. The quantitative estimate of drug-likeness (QED) is 0.558. The molecule has 0 aliphatic heterocycles. The van der Waals surface area contributed by atoms with E-state index in [4.69, 9.17) is 5.11 Å². The molecular weight excluding hydrogens is 400 g/mol. The van der Waals surface area contributed by atoms with Gasteiger partial charge in [-0.2, -0.15) is 0 Å². The molecule has 1 aromatic rings. The predicted molar refractivity (Wildman–Crippen MR) is 64.0 cm³/mol. The van der Waals surface area contributed by atoms with Crippen molar-refractivity contribution in [1.82, 2.24) is 0 Å². The number of benzene rings is 1. The van der Waals surface area contributed by atoms with Crippen molar-refractivity contribution in [3.8, 4) is 0 Å². The van der Waals surface area contributed by atoms with Gasteiger partial charge in [-0.05, 0) is 5.56 Å². The second-order valence-electron chi connectivity index (χ2n) is 3.13. The molecule has 1 aromatic carbocycles. The average Bonchev–Trinajstić information content (AvgIpc) is 2.23. The Morgan fingerprint density at radius 3 is 0.958 bits per heavy atom. The van der Waals surface area contributed by atoms with Crippen LogP contribution in [0.2, 0.25) is 0 Å². The van der Waals surface area contributed by atoms with E-state index >= 15 is 0 Å². The van der Waals surface area contributed by atoms with Gasteiger partial charge < -0.3 is 58.3 Å². The Bertz CT molecular complexity index is 340. The van der Waals surface area contributed by atoms with Crippen molar-refractivity contribution in [2.75, 3.05) is 0 Å². The summed E-state index contributed by atoms with van der Waals surface area (Å²) in [7, 11) is -18.0. The van der Waals surface area contributed by atoms with Crippen molar-refractivity contribution in [2.45, 2.75) is 6.61 Å². The van der Waals surface area contributed by atoms with Crippen LogP contribution in [0.1, 0.15) is 6.99 Å². The number of hydrogen-bond donors (Lipinski definition) is 1. The molecular formula is C7H9B3F12KO-3. The third-order valence-electron chi connectivity index (χ3n) is 1.03. The van der Waals surface area contributed by atoms with E-state index in [0.29, 0.717) is 0 Å². The zero-order valence-corrected chi connectivity index (χ0v) is 14.9. The molecule has 17 heteroatoms. The van der Waals surface area contributed by atoms with E-state index < -0.39 is 21.8 Å². The first-order chi connectivity index (χ1) is 9.93. The molecule has 0 spiro atoms. The van der Waals surface area contributed by atoms with Gasteiger partial charge in [0, 0.05) is 0 Å². The summed E-state index contributed by atoms with van der Waals surface area (Å²) >= 11 is 0. The summed E-state index contributed by atoms with van der Waals surface area (Å²) in [5, 5.41) is 8.54. The van der Waals surface area contributed by atoms with Crippen LogP contribution < -0.4 is 51.4 Å². The Morgan fingerprint density at radius 2 is 0.833 bits per heavy atom. The minimum Gasteiger partial charge on any atom is -1.00 e. The summed E-state index contributed by atoms with van der Waals surface area (Å²) in [4.78, 5) is 0. The third-order valence-corrected chi connectivity index (χ3v) is 1.03. The minimum atomic E-state index is -6.00. The Balaban J connectivity index is -0.0000000714. The molecule has 0 atom stereocenters. The second kappa shape index (κ2) is 15.4. The summed E-state index contributed by atoms with van der Waals surface area (Å²) in [6.07, 6.45) is 0. The zero-order valence-electron chi connectivity index (χ0n) is 12.8. The van der Waals surface area contributed by atoms with Crippen LogP contribution in [0, 0.1) is 0 Å². The fourth-order valence-corrected chi connectivity index (χ4v) is 0.583. The van der Waals surface area contributed by atoms with Gasteiger partial charge in [0.25, 0.3) is 0 Å². The van der Waals surface area contributed by atoms with Crippen molar-refractivity contribution in [3.63, 3.8) is 0 Å². The predicted octanol–water partition coefficient (Wildman–Crippen LogP) is 2.20. The second-order valence-corrected chi connectivity index (χ2v) is 3.13. The van der Waals surface area contributed by atoms with E-state index in [2.05, 4.69) is 0 Å². The molecule has 0 aliphatic carbocycles. The van der Waals surface area contributed by atoms with E-state index in [9.17, 15) is 51.8 Å². The summed E-state index contributed by atoms with van der Waals surface area (Å²) in [6, 6.07) is 9.52. The normalized spacial score (nSPS) is 10.5. The third kappa shape index (κ3) is 96.1. The fourth-order valence-electron chi connectivity index (χ4n) is 0.583.